The second-order valence-electron chi connectivity index (χ2n) is 9.04. The Balaban J connectivity index is 1.22. The van der Waals surface area contributed by atoms with E-state index in [0.717, 1.165) is 27.8 Å². The largest absolute Gasteiger partial charge is 0.449 e. The summed E-state index contributed by atoms with van der Waals surface area (Å²) in [4.78, 5) is 26.6. The Morgan fingerprint density at radius 3 is 2.16 bits per heavy atom. The molecule has 1 amide bonds. The van der Waals surface area contributed by atoms with E-state index < -0.39 is 12.1 Å². The van der Waals surface area contributed by atoms with E-state index in [0.29, 0.717) is 11.0 Å². The van der Waals surface area contributed by atoms with Crippen LogP contribution in [0.3, 0.4) is 0 Å². The van der Waals surface area contributed by atoms with Crippen molar-refractivity contribution in [1.29, 1.82) is 0 Å². The highest BCUT2D eigenvalue weighted by Crippen LogP contribution is 2.44. The molecule has 1 aliphatic carbocycles. The summed E-state index contributed by atoms with van der Waals surface area (Å²) in [6, 6.07) is 32.2. The zero-order valence-corrected chi connectivity index (χ0v) is 20.0. The van der Waals surface area contributed by atoms with Crippen molar-refractivity contribution in [2.75, 3.05) is 6.61 Å². The fourth-order valence-electron chi connectivity index (χ4n) is 5.01. The van der Waals surface area contributed by atoms with E-state index in [-0.39, 0.29) is 24.9 Å². The second kappa shape index (κ2) is 9.70. The zero-order chi connectivity index (χ0) is 25.2. The first-order chi connectivity index (χ1) is 18.2. The average Bonchev–Trinajstić information content (AvgIpc) is 3.51. The molecule has 0 saturated heterocycles. The van der Waals surface area contributed by atoms with Gasteiger partial charge in [0.2, 0.25) is 0 Å². The molecule has 6 rings (SSSR count). The Labute approximate surface area is 213 Å². The standard InChI is InChI=1S/C30H24N4O3/c35-29(34-28-17-9-8-16-26(28)32-33-34)27(18-20-10-2-1-3-11-20)31-30(36)37-19-25-23-14-6-4-12-21(23)22-13-5-7-15-24(22)25/h1-17,25,27H,18-19H2,(H,31,36). The number of rotatable bonds is 6. The quantitative estimate of drug-likeness (QED) is 0.354. The summed E-state index contributed by atoms with van der Waals surface area (Å²) in [5.74, 6) is -0.452. The predicted molar refractivity (Wildman–Crippen MR) is 140 cm³/mol. The van der Waals surface area contributed by atoms with Gasteiger partial charge in [0.05, 0.1) is 5.52 Å². The van der Waals surface area contributed by atoms with Gasteiger partial charge in [-0.2, -0.15) is 4.68 Å². The lowest BCUT2D eigenvalue weighted by Gasteiger charge is -2.19. The molecule has 1 aliphatic rings. The number of carbonyl (C=O) groups is 2. The summed E-state index contributed by atoms with van der Waals surface area (Å²) in [6.45, 7) is 0.165. The van der Waals surface area contributed by atoms with E-state index >= 15 is 0 Å². The van der Waals surface area contributed by atoms with Crippen LogP contribution in [0.1, 0.15) is 27.4 Å². The SMILES string of the molecule is O=C(NC(Cc1ccccc1)C(=O)n1nnc2ccccc21)OCC1c2ccccc2-c2ccccc21. The number of aromatic nitrogens is 3. The van der Waals surface area contributed by atoms with E-state index in [1.807, 2.05) is 66.7 Å². The van der Waals surface area contributed by atoms with Crippen molar-refractivity contribution in [2.45, 2.75) is 18.4 Å². The van der Waals surface area contributed by atoms with Gasteiger partial charge in [-0.1, -0.05) is 96.2 Å². The molecule has 0 saturated carbocycles. The van der Waals surface area contributed by atoms with Crippen molar-refractivity contribution < 1.29 is 14.3 Å². The highest BCUT2D eigenvalue weighted by molar-refractivity contribution is 5.93. The molecule has 7 nitrogen and oxygen atoms in total. The summed E-state index contributed by atoms with van der Waals surface area (Å²) >= 11 is 0. The van der Waals surface area contributed by atoms with Gasteiger partial charge >= 0.3 is 6.09 Å². The highest BCUT2D eigenvalue weighted by atomic mass is 16.5. The van der Waals surface area contributed by atoms with Gasteiger partial charge in [0.15, 0.2) is 0 Å². The van der Waals surface area contributed by atoms with Crippen molar-refractivity contribution in [3.63, 3.8) is 0 Å². The zero-order valence-electron chi connectivity index (χ0n) is 20.0. The number of fused-ring (bicyclic) bond motifs is 4. The molecule has 0 radical (unpaired) electrons. The highest BCUT2D eigenvalue weighted by Gasteiger charge is 2.30. The first kappa shape index (κ1) is 22.7. The number of hydrogen-bond donors (Lipinski definition) is 1. The third kappa shape index (κ3) is 4.36. The van der Waals surface area contributed by atoms with Crippen LogP contribution in [-0.2, 0) is 11.2 Å². The molecule has 1 unspecified atom stereocenters. The van der Waals surface area contributed by atoms with Crippen molar-refractivity contribution in [3.05, 3.63) is 120 Å². The second-order valence-corrected chi connectivity index (χ2v) is 9.04. The maximum atomic E-state index is 13.5. The molecular formula is C30H24N4O3. The lowest BCUT2D eigenvalue weighted by atomic mass is 9.98. The van der Waals surface area contributed by atoms with Crippen LogP contribution in [0.4, 0.5) is 4.79 Å². The molecule has 0 fully saturated rings. The topological polar surface area (TPSA) is 86.1 Å². The Hall–Kier alpha value is -4.78. The molecule has 182 valence electrons. The van der Waals surface area contributed by atoms with Gasteiger partial charge in [-0.25, -0.2) is 4.79 Å². The van der Waals surface area contributed by atoms with Crippen LogP contribution in [0.2, 0.25) is 0 Å². The van der Waals surface area contributed by atoms with Gasteiger partial charge in [-0.15, -0.1) is 5.10 Å². The van der Waals surface area contributed by atoms with Crippen molar-refractivity contribution >= 4 is 23.0 Å². The molecule has 7 heteroatoms. The van der Waals surface area contributed by atoms with E-state index in [2.05, 4.69) is 39.9 Å². The number of benzene rings is 4. The van der Waals surface area contributed by atoms with Gasteiger partial charge < -0.3 is 10.1 Å². The Morgan fingerprint density at radius 1 is 0.811 bits per heavy atom. The fraction of sp³-hybridized carbons (Fsp3) is 0.133. The molecule has 0 spiro atoms. The van der Waals surface area contributed by atoms with Crippen molar-refractivity contribution in [3.8, 4) is 11.1 Å². The number of nitrogens with zero attached hydrogens (tertiary/aromatic N) is 3. The minimum Gasteiger partial charge on any atom is -0.449 e. The third-order valence-electron chi connectivity index (χ3n) is 6.78. The molecular weight excluding hydrogens is 464 g/mol. The fourth-order valence-corrected chi connectivity index (χ4v) is 5.01. The van der Waals surface area contributed by atoms with Crippen LogP contribution in [0, 0.1) is 0 Å². The molecule has 1 heterocycles. The normalized spacial score (nSPS) is 13.1. The molecule has 4 aromatic carbocycles. The van der Waals surface area contributed by atoms with Crippen LogP contribution in [0.5, 0.6) is 0 Å². The Bertz CT molecular complexity index is 1550. The van der Waals surface area contributed by atoms with E-state index in [1.54, 1.807) is 12.1 Å². The number of amides is 1. The summed E-state index contributed by atoms with van der Waals surface area (Å²) in [5.41, 5.74) is 6.66. The van der Waals surface area contributed by atoms with Gasteiger partial charge in [0.1, 0.15) is 18.2 Å². The average molecular weight is 489 g/mol. The summed E-state index contributed by atoms with van der Waals surface area (Å²) in [6.07, 6.45) is -0.363. The first-order valence-corrected chi connectivity index (χ1v) is 12.2. The maximum Gasteiger partial charge on any atom is 0.407 e. The number of nitrogens with one attached hydrogen (secondary N) is 1. The van der Waals surface area contributed by atoms with Gasteiger partial charge in [-0.05, 0) is 39.9 Å². The summed E-state index contributed by atoms with van der Waals surface area (Å²) in [5, 5.41) is 10.9. The lowest BCUT2D eigenvalue weighted by molar-refractivity contribution is 0.0826. The van der Waals surface area contributed by atoms with Gasteiger partial charge in [0.25, 0.3) is 5.91 Å². The van der Waals surface area contributed by atoms with E-state index in [1.165, 1.54) is 4.68 Å². The first-order valence-electron chi connectivity index (χ1n) is 12.2. The molecule has 37 heavy (non-hydrogen) atoms. The third-order valence-corrected chi connectivity index (χ3v) is 6.78. The molecule has 0 bridgehead atoms. The van der Waals surface area contributed by atoms with Crippen LogP contribution in [-0.4, -0.2) is 39.6 Å². The minimum atomic E-state index is -0.886. The molecule has 1 N–H and O–H groups in total. The molecule has 1 atom stereocenters. The Morgan fingerprint density at radius 2 is 1.43 bits per heavy atom. The van der Waals surface area contributed by atoms with E-state index in [4.69, 9.17) is 4.74 Å². The van der Waals surface area contributed by atoms with Crippen LogP contribution in [0.15, 0.2) is 103 Å². The number of carbonyl (C=O) groups excluding carboxylic acids is 2. The Kier molecular flexibility index (Phi) is 5.94. The molecule has 1 aromatic heterocycles. The molecule has 0 aliphatic heterocycles. The summed E-state index contributed by atoms with van der Waals surface area (Å²) < 4.78 is 6.96. The smallest absolute Gasteiger partial charge is 0.407 e. The maximum absolute atomic E-state index is 13.5. The minimum absolute atomic E-state index is 0.0688. The lowest BCUT2D eigenvalue weighted by Crippen LogP contribution is -2.45. The van der Waals surface area contributed by atoms with Crippen molar-refractivity contribution in [1.82, 2.24) is 20.3 Å². The number of ether oxygens (including phenoxy) is 1. The number of para-hydroxylation sites is 1. The van der Waals surface area contributed by atoms with Gasteiger partial charge in [-0.3, -0.25) is 4.79 Å². The van der Waals surface area contributed by atoms with E-state index in [9.17, 15) is 9.59 Å². The van der Waals surface area contributed by atoms with Crippen molar-refractivity contribution in [2.24, 2.45) is 0 Å². The molecule has 5 aromatic rings. The van der Waals surface area contributed by atoms with Crippen LogP contribution in [0.25, 0.3) is 22.2 Å². The monoisotopic (exact) mass is 488 g/mol. The summed E-state index contributed by atoms with van der Waals surface area (Å²) in [7, 11) is 0. The number of alkyl carbamates (subject to hydrolysis) is 1. The number of hydrogen-bond acceptors (Lipinski definition) is 5. The van der Waals surface area contributed by atoms with Crippen LogP contribution >= 0.6 is 0 Å². The van der Waals surface area contributed by atoms with Crippen LogP contribution < -0.4 is 5.32 Å². The predicted octanol–water partition coefficient (Wildman–Crippen LogP) is 5.22. The van der Waals surface area contributed by atoms with Gasteiger partial charge in [0, 0.05) is 12.3 Å².